The molecule has 0 aromatic carbocycles. The molecule has 1 heterocycles. The molecule has 0 radical (unpaired) electrons. The summed E-state index contributed by atoms with van der Waals surface area (Å²) in [6.07, 6.45) is -9.94. The number of hydrogen-bond donors (Lipinski definition) is 0. The average Bonchev–Trinajstić information content (AvgIpc) is 2.14. The van der Waals surface area contributed by atoms with E-state index in [1.54, 1.807) is 0 Å². The number of ketones is 1. The van der Waals surface area contributed by atoms with Crippen LogP contribution in [0.1, 0.15) is 16.1 Å². The molecule has 0 saturated heterocycles. The van der Waals surface area contributed by atoms with Gasteiger partial charge in [-0.15, -0.1) is 0 Å². The molecule has 3 nitrogen and oxygen atoms in total. The van der Waals surface area contributed by atoms with Crippen LogP contribution in [0.4, 0.5) is 26.3 Å². The van der Waals surface area contributed by atoms with Crippen molar-refractivity contribution < 1.29 is 31.1 Å². The van der Waals surface area contributed by atoms with Crippen LogP contribution in [0.2, 0.25) is 0 Å². The maximum Gasteiger partial charge on any atom is 0.455 e. The summed E-state index contributed by atoms with van der Waals surface area (Å²) in [5.74, 6) is -2.62. The van der Waals surface area contributed by atoms with Crippen LogP contribution in [0.3, 0.4) is 0 Å². The van der Waals surface area contributed by atoms with Crippen LogP contribution in [-0.4, -0.2) is 21.9 Å². The van der Waals surface area contributed by atoms with Crippen molar-refractivity contribution in [3.63, 3.8) is 0 Å². The van der Waals surface area contributed by atoms with Crippen LogP contribution >= 0.6 is 0 Å². The fourth-order valence-corrected chi connectivity index (χ4v) is 0.874. The van der Waals surface area contributed by atoms with Gasteiger partial charge in [0.05, 0.1) is 5.56 Å². The Hall–Kier alpha value is -1.67. The van der Waals surface area contributed by atoms with Gasteiger partial charge in [0.25, 0.3) is 5.78 Å². The van der Waals surface area contributed by atoms with Gasteiger partial charge in [-0.05, 0) is 0 Å². The lowest BCUT2D eigenvalue weighted by molar-refractivity contribution is -0.142. The van der Waals surface area contributed by atoms with Gasteiger partial charge in [0.2, 0.25) is 0 Å². The Morgan fingerprint density at radius 2 is 1.69 bits per heavy atom. The van der Waals surface area contributed by atoms with Crippen molar-refractivity contribution in [3.8, 4) is 0 Å². The van der Waals surface area contributed by atoms with Gasteiger partial charge in [0.15, 0.2) is 5.69 Å². The Bertz CT molecular complexity index is 410. The predicted octanol–water partition coefficient (Wildman–Crippen LogP) is 2.24. The minimum atomic E-state index is -5.40. The van der Waals surface area contributed by atoms with Crippen molar-refractivity contribution in [2.45, 2.75) is 12.4 Å². The van der Waals surface area contributed by atoms with E-state index in [0.717, 1.165) is 0 Å². The summed E-state index contributed by atoms with van der Waals surface area (Å²) in [5.41, 5.74) is -3.51. The number of carbonyl (C=O) groups is 1. The third-order valence-corrected chi connectivity index (χ3v) is 1.48. The SMILES string of the molecule is O=C(c1cncnc1C(F)(F)F)C(F)(F)F. The van der Waals surface area contributed by atoms with Crippen molar-refractivity contribution in [2.24, 2.45) is 0 Å². The molecule has 0 amide bonds. The van der Waals surface area contributed by atoms with Gasteiger partial charge in [-0.2, -0.15) is 26.3 Å². The summed E-state index contributed by atoms with van der Waals surface area (Å²) in [4.78, 5) is 16.2. The summed E-state index contributed by atoms with van der Waals surface area (Å²) < 4.78 is 72.4. The number of aromatic nitrogens is 2. The average molecular weight is 244 g/mol. The van der Waals surface area contributed by atoms with Gasteiger partial charge in [0, 0.05) is 6.20 Å². The quantitative estimate of drug-likeness (QED) is 0.562. The molecule has 88 valence electrons. The molecular weight excluding hydrogens is 242 g/mol. The van der Waals surface area contributed by atoms with Crippen LogP contribution in [0.25, 0.3) is 0 Å². The van der Waals surface area contributed by atoms with Crippen molar-refractivity contribution in [3.05, 3.63) is 23.8 Å². The third-order valence-electron chi connectivity index (χ3n) is 1.48. The van der Waals surface area contributed by atoms with E-state index in [9.17, 15) is 31.1 Å². The lowest BCUT2D eigenvalue weighted by atomic mass is 10.1. The van der Waals surface area contributed by atoms with Crippen LogP contribution in [-0.2, 0) is 6.18 Å². The molecule has 1 aromatic heterocycles. The van der Waals surface area contributed by atoms with Crippen LogP contribution in [0, 0.1) is 0 Å². The number of nitrogens with zero attached hydrogens (tertiary/aromatic N) is 2. The Morgan fingerprint density at radius 1 is 1.12 bits per heavy atom. The smallest absolute Gasteiger partial charge is 0.284 e. The predicted molar refractivity (Wildman–Crippen MR) is 37.4 cm³/mol. The van der Waals surface area contributed by atoms with E-state index >= 15 is 0 Å². The molecule has 0 spiro atoms. The molecular formula is C7H2F6N2O. The molecule has 0 aliphatic heterocycles. The molecule has 1 rings (SSSR count). The fourth-order valence-electron chi connectivity index (χ4n) is 0.874. The first-order valence-electron chi connectivity index (χ1n) is 3.62. The molecule has 0 atom stereocenters. The Labute approximate surface area is 84.1 Å². The van der Waals surface area contributed by atoms with Crippen LogP contribution < -0.4 is 0 Å². The lowest BCUT2D eigenvalue weighted by Gasteiger charge is -2.10. The topological polar surface area (TPSA) is 42.9 Å². The van der Waals surface area contributed by atoms with E-state index in [0.29, 0.717) is 6.33 Å². The first-order valence-corrected chi connectivity index (χ1v) is 3.62. The van der Waals surface area contributed by atoms with Crippen molar-refractivity contribution in [1.82, 2.24) is 9.97 Å². The summed E-state index contributed by atoms with van der Waals surface area (Å²) in [6.45, 7) is 0. The number of halogens is 6. The van der Waals surface area contributed by atoms with E-state index in [2.05, 4.69) is 9.97 Å². The van der Waals surface area contributed by atoms with Crippen molar-refractivity contribution in [1.29, 1.82) is 0 Å². The normalized spacial score (nSPS) is 12.6. The maximum absolute atomic E-state index is 12.2. The van der Waals surface area contributed by atoms with Crippen molar-refractivity contribution >= 4 is 5.78 Å². The van der Waals surface area contributed by atoms with Crippen LogP contribution in [0.15, 0.2) is 12.5 Å². The van der Waals surface area contributed by atoms with Gasteiger partial charge in [0.1, 0.15) is 6.33 Å². The summed E-state index contributed by atoms with van der Waals surface area (Å²) in [5, 5.41) is 0. The second kappa shape index (κ2) is 3.72. The lowest BCUT2D eigenvalue weighted by Crippen LogP contribution is -2.27. The molecule has 9 heteroatoms. The molecule has 1 aromatic rings. The molecule has 0 aliphatic rings. The molecule has 0 N–H and O–H groups in total. The van der Waals surface area contributed by atoms with E-state index in [1.165, 1.54) is 0 Å². The highest BCUT2D eigenvalue weighted by Crippen LogP contribution is 2.32. The van der Waals surface area contributed by atoms with E-state index in [1.807, 2.05) is 0 Å². The highest BCUT2D eigenvalue weighted by atomic mass is 19.4. The van der Waals surface area contributed by atoms with Gasteiger partial charge in [-0.25, -0.2) is 9.97 Å². The molecule has 16 heavy (non-hydrogen) atoms. The van der Waals surface area contributed by atoms with Gasteiger partial charge < -0.3 is 0 Å². The number of Topliss-reactive ketones (excluding diaryl/α,β-unsaturated/α-hetero) is 1. The summed E-state index contributed by atoms with van der Waals surface area (Å²) in [7, 11) is 0. The molecule has 0 saturated carbocycles. The minimum absolute atomic E-state index is 0.186. The molecule has 0 fully saturated rings. The fraction of sp³-hybridized carbons (Fsp3) is 0.286. The number of hydrogen-bond acceptors (Lipinski definition) is 3. The number of alkyl halides is 6. The first-order chi connectivity index (χ1) is 7.14. The third kappa shape index (κ3) is 2.47. The first kappa shape index (κ1) is 12.4. The second-order valence-corrected chi connectivity index (χ2v) is 2.61. The number of carbonyl (C=O) groups excluding carboxylic acids is 1. The highest BCUT2D eigenvalue weighted by Gasteiger charge is 2.45. The second-order valence-electron chi connectivity index (χ2n) is 2.61. The molecule has 0 aliphatic carbocycles. The largest absolute Gasteiger partial charge is 0.455 e. The van der Waals surface area contributed by atoms with E-state index in [-0.39, 0.29) is 6.20 Å². The molecule has 0 bridgehead atoms. The monoisotopic (exact) mass is 244 g/mol. The maximum atomic E-state index is 12.2. The van der Waals surface area contributed by atoms with Gasteiger partial charge in [-0.3, -0.25) is 4.79 Å². The summed E-state index contributed by atoms with van der Waals surface area (Å²) >= 11 is 0. The zero-order valence-corrected chi connectivity index (χ0v) is 7.23. The standard InChI is InChI=1S/C7H2F6N2O/c8-6(9,10)4-3(1-14-2-15-4)5(16)7(11,12)13/h1-2H. The van der Waals surface area contributed by atoms with E-state index < -0.39 is 29.4 Å². The van der Waals surface area contributed by atoms with Crippen LogP contribution in [0.5, 0.6) is 0 Å². The minimum Gasteiger partial charge on any atom is -0.284 e. The van der Waals surface area contributed by atoms with Gasteiger partial charge in [-0.1, -0.05) is 0 Å². The molecule has 0 unspecified atom stereocenters. The number of rotatable bonds is 1. The van der Waals surface area contributed by atoms with Gasteiger partial charge >= 0.3 is 12.4 Å². The van der Waals surface area contributed by atoms with E-state index in [4.69, 9.17) is 0 Å². The Kier molecular flexibility index (Phi) is 2.89. The Balaban J connectivity index is 3.31. The summed E-state index contributed by atoms with van der Waals surface area (Å²) in [6, 6.07) is 0. The zero-order valence-electron chi connectivity index (χ0n) is 7.23. The Morgan fingerprint density at radius 3 is 2.12 bits per heavy atom. The highest BCUT2D eigenvalue weighted by molar-refractivity contribution is 6.01. The van der Waals surface area contributed by atoms with Crippen molar-refractivity contribution in [2.75, 3.05) is 0 Å². The zero-order chi connectivity index (χ0) is 12.6.